The minimum Gasteiger partial charge on any atom is -0.378 e. The number of allylic oxidation sites excluding steroid dienone is 2. The molecule has 1 heterocycles. The lowest BCUT2D eigenvalue weighted by molar-refractivity contribution is -0.137. The van der Waals surface area contributed by atoms with E-state index in [9.17, 15) is 17.6 Å². The largest absolute Gasteiger partial charge is 0.416 e. The average molecular weight is 333 g/mol. The van der Waals surface area contributed by atoms with Crippen LogP contribution >= 0.6 is 0 Å². The fourth-order valence-corrected chi connectivity index (χ4v) is 3.80. The molecule has 2 aromatic rings. The van der Waals surface area contributed by atoms with Crippen LogP contribution in [0.25, 0.3) is 0 Å². The minimum atomic E-state index is -4.35. The van der Waals surface area contributed by atoms with Crippen LogP contribution in [0.1, 0.15) is 35.1 Å². The molecule has 2 aromatic carbocycles. The highest BCUT2D eigenvalue weighted by Crippen LogP contribution is 2.50. The van der Waals surface area contributed by atoms with Gasteiger partial charge in [-0.25, -0.2) is 4.39 Å². The summed E-state index contributed by atoms with van der Waals surface area (Å²) in [5, 5.41) is 3.32. The van der Waals surface area contributed by atoms with E-state index in [4.69, 9.17) is 0 Å². The first-order valence-electron chi connectivity index (χ1n) is 7.83. The standard InChI is InChI=1S/C19H15F4N/c20-13-4-1-3-11(9-13)18-15-6-2-5-14(15)16-10-12(19(21,22)23)7-8-17(16)24-18/h1-5,7-10,14-15,18,24H,6H2/t14-,15+,18-/m0/s1. The van der Waals surface area contributed by atoms with Crippen molar-refractivity contribution in [3.63, 3.8) is 0 Å². The van der Waals surface area contributed by atoms with Gasteiger partial charge in [0.2, 0.25) is 0 Å². The number of fused-ring (bicyclic) bond motifs is 3. The van der Waals surface area contributed by atoms with Crippen LogP contribution in [0.15, 0.2) is 54.6 Å². The number of nitrogens with one attached hydrogen (secondary N) is 1. The van der Waals surface area contributed by atoms with Gasteiger partial charge in [0.1, 0.15) is 5.82 Å². The van der Waals surface area contributed by atoms with Crippen LogP contribution in [0.4, 0.5) is 23.2 Å². The van der Waals surface area contributed by atoms with Gasteiger partial charge in [-0.2, -0.15) is 13.2 Å². The Morgan fingerprint density at radius 3 is 2.62 bits per heavy atom. The highest BCUT2D eigenvalue weighted by Gasteiger charge is 2.40. The molecule has 0 amide bonds. The van der Waals surface area contributed by atoms with Crippen molar-refractivity contribution in [3.8, 4) is 0 Å². The Labute approximate surface area is 137 Å². The molecule has 1 aliphatic heterocycles. The molecule has 24 heavy (non-hydrogen) atoms. The molecule has 0 saturated carbocycles. The van der Waals surface area contributed by atoms with Gasteiger partial charge in [-0.15, -0.1) is 0 Å². The van der Waals surface area contributed by atoms with Gasteiger partial charge in [-0.1, -0.05) is 24.3 Å². The van der Waals surface area contributed by atoms with Crippen molar-refractivity contribution in [2.75, 3.05) is 5.32 Å². The van der Waals surface area contributed by atoms with Crippen molar-refractivity contribution in [1.82, 2.24) is 0 Å². The number of alkyl halides is 3. The van der Waals surface area contributed by atoms with Crippen molar-refractivity contribution in [2.24, 2.45) is 5.92 Å². The fraction of sp³-hybridized carbons (Fsp3) is 0.263. The Hall–Kier alpha value is -2.30. The van der Waals surface area contributed by atoms with Gasteiger partial charge in [-0.3, -0.25) is 0 Å². The summed E-state index contributed by atoms with van der Waals surface area (Å²) in [4.78, 5) is 0. The molecular weight excluding hydrogens is 318 g/mol. The summed E-state index contributed by atoms with van der Waals surface area (Å²) in [6.45, 7) is 0. The van der Waals surface area contributed by atoms with E-state index in [1.54, 1.807) is 6.07 Å². The molecule has 1 N–H and O–H groups in total. The number of hydrogen-bond donors (Lipinski definition) is 1. The molecule has 0 fully saturated rings. The predicted molar refractivity (Wildman–Crippen MR) is 84.2 cm³/mol. The van der Waals surface area contributed by atoms with Crippen molar-refractivity contribution < 1.29 is 17.6 Å². The van der Waals surface area contributed by atoms with Crippen LogP contribution < -0.4 is 5.32 Å². The van der Waals surface area contributed by atoms with E-state index >= 15 is 0 Å². The number of anilines is 1. The van der Waals surface area contributed by atoms with E-state index in [2.05, 4.69) is 5.32 Å². The smallest absolute Gasteiger partial charge is 0.378 e. The van der Waals surface area contributed by atoms with Gasteiger partial charge >= 0.3 is 6.18 Å². The number of rotatable bonds is 1. The summed E-state index contributed by atoms with van der Waals surface area (Å²) in [6.07, 6.45) is 0.371. The molecule has 124 valence electrons. The van der Waals surface area contributed by atoms with E-state index in [-0.39, 0.29) is 23.7 Å². The third kappa shape index (κ3) is 2.48. The zero-order valence-corrected chi connectivity index (χ0v) is 12.6. The molecule has 0 bridgehead atoms. The molecular formula is C19H15F4N. The average Bonchev–Trinajstić information content (AvgIpc) is 3.02. The van der Waals surface area contributed by atoms with Gasteiger partial charge in [0.25, 0.3) is 0 Å². The quantitative estimate of drug-likeness (QED) is 0.524. The monoisotopic (exact) mass is 333 g/mol. The maximum atomic E-state index is 13.6. The lowest BCUT2D eigenvalue weighted by Gasteiger charge is -2.37. The lowest BCUT2D eigenvalue weighted by Crippen LogP contribution is -2.29. The Bertz CT molecular complexity index is 809. The Kier molecular flexibility index (Phi) is 3.41. The summed E-state index contributed by atoms with van der Waals surface area (Å²) in [5.74, 6) is -0.311. The highest BCUT2D eigenvalue weighted by atomic mass is 19.4. The molecule has 4 rings (SSSR count). The van der Waals surface area contributed by atoms with Gasteiger partial charge in [0.15, 0.2) is 0 Å². The Balaban J connectivity index is 1.78. The van der Waals surface area contributed by atoms with Crippen molar-refractivity contribution >= 4 is 5.69 Å². The molecule has 1 nitrogen and oxygen atoms in total. The van der Waals surface area contributed by atoms with Crippen LogP contribution in [0.3, 0.4) is 0 Å². The number of hydrogen-bond acceptors (Lipinski definition) is 1. The minimum absolute atomic E-state index is 0.0859. The van der Waals surface area contributed by atoms with Crippen LogP contribution in [0, 0.1) is 11.7 Å². The van der Waals surface area contributed by atoms with E-state index in [1.165, 1.54) is 24.3 Å². The summed E-state index contributed by atoms with van der Waals surface area (Å²) in [5.41, 5.74) is 1.53. The normalized spacial score (nSPS) is 25.1. The molecule has 2 aliphatic rings. The van der Waals surface area contributed by atoms with Crippen molar-refractivity contribution in [3.05, 3.63) is 77.1 Å². The zero-order chi connectivity index (χ0) is 16.9. The summed E-state index contributed by atoms with van der Waals surface area (Å²) in [6, 6.07) is 10.1. The third-order valence-corrected chi connectivity index (χ3v) is 4.90. The number of halogens is 4. The Morgan fingerprint density at radius 1 is 1.04 bits per heavy atom. The molecule has 1 aliphatic carbocycles. The summed E-state index contributed by atoms with van der Waals surface area (Å²) in [7, 11) is 0. The number of benzene rings is 2. The van der Waals surface area contributed by atoms with Crippen molar-refractivity contribution in [1.29, 1.82) is 0 Å². The van der Waals surface area contributed by atoms with Crippen LogP contribution in [0.5, 0.6) is 0 Å². The maximum absolute atomic E-state index is 13.6. The van der Waals surface area contributed by atoms with Crippen LogP contribution in [0.2, 0.25) is 0 Å². The zero-order valence-electron chi connectivity index (χ0n) is 12.6. The molecule has 0 spiro atoms. The van der Waals surface area contributed by atoms with Gasteiger partial charge in [0, 0.05) is 11.6 Å². The SMILES string of the molecule is Fc1cccc([C@@H]2Nc3ccc(C(F)(F)F)cc3[C@H]3C=CC[C@H]32)c1. The van der Waals surface area contributed by atoms with E-state index in [0.717, 1.165) is 18.1 Å². The topological polar surface area (TPSA) is 12.0 Å². The molecule has 5 heteroatoms. The van der Waals surface area contributed by atoms with Crippen LogP contribution in [-0.2, 0) is 6.18 Å². The Morgan fingerprint density at radius 2 is 1.88 bits per heavy atom. The third-order valence-electron chi connectivity index (χ3n) is 4.90. The van der Waals surface area contributed by atoms with E-state index in [0.29, 0.717) is 11.3 Å². The lowest BCUT2D eigenvalue weighted by atomic mass is 9.76. The molecule has 0 aromatic heterocycles. The second kappa shape index (κ2) is 5.36. The van der Waals surface area contributed by atoms with Gasteiger partial charge < -0.3 is 5.32 Å². The van der Waals surface area contributed by atoms with E-state index in [1.807, 2.05) is 18.2 Å². The maximum Gasteiger partial charge on any atom is 0.416 e. The molecule has 0 radical (unpaired) electrons. The highest BCUT2D eigenvalue weighted by molar-refractivity contribution is 5.61. The second-order valence-corrected chi connectivity index (χ2v) is 6.33. The predicted octanol–water partition coefficient (Wildman–Crippen LogP) is 5.67. The van der Waals surface area contributed by atoms with E-state index < -0.39 is 11.7 Å². The summed E-state index contributed by atoms with van der Waals surface area (Å²) < 4.78 is 52.6. The summed E-state index contributed by atoms with van der Waals surface area (Å²) >= 11 is 0. The second-order valence-electron chi connectivity index (χ2n) is 6.33. The first kappa shape index (κ1) is 15.2. The first-order chi connectivity index (χ1) is 11.4. The molecule has 0 unspecified atom stereocenters. The van der Waals surface area contributed by atoms with Gasteiger partial charge in [-0.05, 0) is 53.8 Å². The molecule has 3 atom stereocenters. The van der Waals surface area contributed by atoms with Gasteiger partial charge in [0.05, 0.1) is 11.6 Å². The fourth-order valence-electron chi connectivity index (χ4n) is 3.80. The van der Waals surface area contributed by atoms with Crippen LogP contribution in [-0.4, -0.2) is 0 Å². The first-order valence-corrected chi connectivity index (χ1v) is 7.83. The van der Waals surface area contributed by atoms with Crippen molar-refractivity contribution in [2.45, 2.75) is 24.6 Å². The molecule has 0 saturated heterocycles.